The number of nitrogens with zero attached hydrogens (tertiary/aromatic N) is 6. The molecule has 14 heteroatoms. The number of aryl methyl sites for hydroxylation is 1. The summed E-state index contributed by atoms with van der Waals surface area (Å²) in [5.74, 6) is 0.268. The first-order valence-corrected chi connectivity index (χ1v) is 14.4. The molecule has 0 spiro atoms. The van der Waals surface area contributed by atoms with E-state index in [4.69, 9.17) is 5.73 Å². The molecule has 2 heterocycles. The summed E-state index contributed by atoms with van der Waals surface area (Å²) in [7, 11) is 7.47. The number of urea groups is 1. The van der Waals surface area contributed by atoms with Crippen molar-refractivity contribution in [2.24, 2.45) is 12.8 Å². The first kappa shape index (κ1) is 31.4. The first-order valence-electron chi connectivity index (χ1n) is 14.4. The monoisotopic (exact) mass is 621 g/mol. The summed E-state index contributed by atoms with van der Waals surface area (Å²) in [4.78, 5) is 49.6. The molecule has 0 unspecified atom stereocenters. The third-order valence-corrected chi connectivity index (χ3v) is 7.04. The molecule has 0 bridgehead atoms. The van der Waals surface area contributed by atoms with Gasteiger partial charge >= 0.3 is 6.03 Å². The van der Waals surface area contributed by atoms with Gasteiger partial charge in [0.1, 0.15) is 5.82 Å². The molecular weight excluding hydrogens is 586 g/mol. The maximum atomic E-state index is 12.6. The summed E-state index contributed by atoms with van der Waals surface area (Å²) in [5.41, 5.74) is 9.44. The maximum absolute atomic E-state index is 12.6. The fourth-order valence-corrected chi connectivity index (χ4v) is 4.46. The summed E-state index contributed by atoms with van der Waals surface area (Å²) in [6.07, 6.45) is 1.67. The van der Waals surface area contributed by atoms with E-state index < -0.39 is 11.9 Å². The Hall–Kier alpha value is -6.02. The highest BCUT2D eigenvalue weighted by atomic mass is 16.2. The van der Waals surface area contributed by atoms with Crippen molar-refractivity contribution < 1.29 is 14.4 Å². The van der Waals surface area contributed by atoms with Gasteiger partial charge in [-0.2, -0.15) is 15.1 Å². The lowest BCUT2D eigenvalue weighted by atomic mass is 10.2. The minimum atomic E-state index is -0.504. The van der Waals surface area contributed by atoms with Crippen LogP contribution in [0.1, 0.15) is 20.7 Å². The lowest BCUT2D eigenvalue weighted by molar-refractivity contribution is 0.0786. The van der Waals surface area contributed by atoms with Gasteiger partial charge in [0.05, 0.1) is 11.6 Å². The topological polar surface area (TPSA) is 175 Å². The van der Waals surface area contributed by atoms with Crippen molar-refractivity contribution in [3.8, 4) is 0 Å². The van der Waals surface area contributed by atoms with Crippen LogP contribution in [0.4, 0.5) is 39.3 Å². The Bertz CT molecular complexity index is 1850. The number of likely N-dealkylation sites (N-methyl/N-ethyl adjacent to an activating group) is 2. The normalized spacial score (nSPS) is 10.9. The Morgan fingerprint density at radius 3 is 1.89 bits per heavy atom. The number of primary amides is 1. The molecule has 0 radical (unpaired) electrons. The van der Waals surface area contributed by atoms with E-state index in [1.54, 1.807) is 103 Å². The average molecular weight is 622 g/mol. The average Bonchev–Trinajstić information content (AvgIpc) is 3.41. The van der Waals surface area contributed by atoms with Crippen molar-refractivity contribution in [2.45, 2.75) is 0 Å². The molecule has 0 atom stereocenters. The number of anilines is 6. The molecule has 14 nitrogen and oxygen atoms in total. The first-order chi connectivity index (χ1) is 22.0. The van der Waals surface area contributed by atoms with E-state index in [9.17, 15) is 14.4 Å². The second-order valence-corrected chi connectivity index (χ2v) is 10.9. The van der Waals surface area contributed by atoms with Gasteiger partial charge in [0, 0.05) is 61.1 Å². The number of benzene rings is 3. The van der Waals surface area contributed by atoms with Crippen LogP contribution in [0.3, 0.4) is 0 Å². The van der Waals surface area contributed by atoms with Crippen LogP contribution in [0, 0.1) is 0 Å². The minimum absolute atomic E-state index is 0.0824. The van der Waals surface area contributed by atoms with Gasteiger partial charge in [-0.3, -0.25) is 14.3 Å². The Labute approximate surface area is 265 Å². The van der Waals surface area contributed by atoms with Crippen molar-refractivity contribution in [1.82, 2.24) is 29.5 Å². The largest absolute Gasteiger partial charge is 0.366 e. The van der Waals surface area contributed by atoms with Crippen molar-refractivity contribution >= 4 is 63.4 Å². The number of aromatic nitrogens is 4. The quantitative estimate of drug-likeness (QED) is 0.145. The van der Waals surface area contributed by atoms with Gasteiger partial charge in [0.2, 0.25) is 11.9 Å². The van der Waals surface area contributed by atoms with Gasteiger partial charge in [0.25, 0.3) is 5.91 Å². The van der Waals surface area contributed by atoms with Gasteiger partial charge in [-0.15, -0.1) is 0 Å². The van der Waals surface area contributed by atoms with E-state index >= 15 is 0 Å². The van der Waals surface area contributed by atoms with Crippen LogP contribution >= 0.6 is 0 Å². The molecule has 0 fully saturated rings. The predicted octanol–water partition coefficient (Wildman–Crippen LogP) is 4.23. The van der Waals surface area contributed by atoms with Crippen LogP contribution in [0.5, 0.6) is 0 Å². The van der Waals surface area contributed by atoms with Gasteiger partial charge in [-0.25, -0.2) is 4.79 Å². The molecule has 0 saturated carbocycles. The standard InChI is InChI=1S/C32H35N11O3/c1-41(2)17-18-42(3)30(45)21-7-11-24(12-8-21)37-32(46)38-25-15-13-23(14-16-25)36-31-39-28(26-19-34-43(4)29(26)40-31)35-22-9-5-20(6-10-22)27(33)44/h5-16,19H,17-18H2,1-4H3,(H2,33,44)(H2,37,38,46)(H2,35,36,39,40). The van der Waals surface area contributed by atoms with E-state index in [0.29, 0.717) is 63.2 Å². The lowest BCUT2D eigenvalue weighted by Gasteiger charge is -2.19. The molecule has 6 N–H and O–H groups in total. The zero-order valence-corrected chi connectivity index (χ0v) is 25.9. The van der Waals surface area contributed by atoms with E-state index in [0.717, 1.165) is 6.54 Å². The number of nitrogens with one attached hydrogen (secondary N) is 4. The number of amides is 4. The molecule has 4 amide bonds. The summed E-state index contributed by atoms with van der Waals surface area (Å²) >= 11 is 0. The molecule has 2 aromatic heterocycles. The van der Waals surface area contributed by atoms with Crippen LogP contribution < -0.4 is 27.0 Å². The summed E-state index contributed by atoms with van der Waals surface area (Å²) < 4.78 is 1.64. The number of carbonyl (C=O) groups is 3. The highest BCUT2D eigenvalue weighted by molar-refractivity contribution is 6.00. The highest BCUT2D eigenvalue weighted by Gasteiger charge is 2.14. The number of nitrogens with two attached hydrogens (primary N) is 1. The number of fused-ring (bicyclic) bond motifs is 1. The summed E-state index contributed by atoms with van der Waals surface area (Å²) in [5, 5.41) is 17.0. The third-order valence-electron chi connectivity index (χ3n) is 7.04. The molecule has 5 aromatic rings. The predicted molar refractivity (Wildman–Crippen MR) is 179 cm³/mol. The molecule has 5 rings (SSSR count). The molecule has 0 aliphatic heterocycles. The van der Waals surface area contributed by atoms with Gasteiger partial charge < -0.3 is 36.8 Å². The van der Waals surface area contributed by atoms with Gasteiger partial charge in [0.15, 0.2) is 5.65 Å². The van der Waals surface area contributed by atoms with Crippen LogP contribution in [-0.4, -0.2) is 81.6 Å². The van der Waals surface area contributed by atoms with Crippen molar-refractivity contribution in [3.05, 3.63) is 90.1 Å². The van der Waals surface area contributed by atoms with Crippen LogP contribution in [0.2, 0.25) is 0 Å². The minimum Gasteiger partial charge on any atom is -0.366 e. The Kier molecular flexibility index (Phi) is 9.38. The SMILES string of the molecule is CN(C)CCN(C)C(=O)c1ccc(NC(=O)Nc2ccc(Nc3nc(Nc4ccc(C(N)=O)cc4)c4cnn(C)c4n3)cc2)cc1. The molecule has 0 aliphatic rings. The van der Waals surface area contributed by atoms with Gasteiger partial charge in [-0.1, -0.05) is 0 Å². The van der Waals surface area contributed by atoms with Crippen LogP contribution in [-0.2, 0) is 7.05 Å². The molecular formula is C32H35N11O3. The zero-order chi connectivity index (χ0) is 32.8. The highest BCUT2D eigenvalue weighted by Crippen LogP contribution is 2.27. The van der Waals surface area contributed by atoms with Crippen molar-refractivity contribution in [1.29, 1.82) is 0 Å². The van der Waals surface area contributed by atoms with E-state index in [1.807, 2.05) is 19.0 Å². The second kappa shape index (κ2) is 13.7. The molecule has 236 valence electrons. The van der Waals surface area contributed by atoms with Crippen LogP contribution in [0.15, 0.2) is 79.0 Å². The molecule has 0 saturated heterocycles. The number of carbonyl (C=O) groups excluding carboxylic acids is 3. The van der Waals surface area contributed by atoms with E-state index in [1.165, 1.54) is 0 Å². The van der Waals surface area contributed by atoms with Gasteiger partial charge in [-0.05, 0) is 86.9 Å². The fraction of sp³-hybridized carbons (Fsp3) is 0.188. The van der Waals surface area contributed by atoms with E-state index in [-0.39, 0.29) is 5.91 Å². The molecule has 0 aliphatic carbocycles. The van der Waals surface area contributed by atoms with Crippen molar-refractivity contribution in [3.63, 3.8) is 0 Å². The maximum Gasteiger partial charge on any atom is 0.323 e. The lowest BCUT2D eigenvalue weighted by Crippen LogP contribution is -2.33. The Balaban J connectivity index is 1.20. The number of hydrogen-bond donors (Lipinski definition) is 5. The van der Waals surface area contributed by atoms with E-state index in [2.05, 4.69) is 36.3 Å². The molecule has 3 aromatic carbocycles. The summed E-state index contributed by atoms with van der Waals surface area (Å²) in [6.45, 7) is 1.38. The Morgan fingerprint density at radius 1 is 0.739 bits per heavy atom. The van der Waals surface area contributed by atoms with Crippen LogP contribution in [0.25, 0.3) is 11.0 Å². The molecule has 46 heavy (non-hydrogen) atoms. The zero-order valence-electron chi connectivity index (χ0n) is 25.9. The smallest absolute Gasteiger partial charge is 0.323 e. The fourth-order valence-electron chi connectivity index (χ4n) is 4.46. The second-order valence-electron chi connectivity index (χ2n) is 10.9. The Morgan fingerprint density at radius 2 is 1.28 bits per heavy atom. The third kappa shape index (κ3) is 7.73. The van der Waals surface area contributed by atoms with Crippen molar-refractivity contribution in [2.75, 3.05) is 55.5 Å². The number of hydrogen-bond acceptors (Lipinski definition) is 9. The summed E-state index contributed by atoms with van der Waals surface area (Å²) in [6, 6.07) is 20.1. The number of rotatable bonds is 11.